The molecule has 0 unspecified atom stereocenters. The molecule has 0 saturated carbocycles. The molecule has 0 aliphatic rings. The Kier molecular flexibility index (Phi) is 11.7. The van der Waals surface area contributed by atoms with Gasteiger partial charge in [-0.15, -0.1) is 0 Å². The van der Waals surface area contributed by atoms with Gasteiger partial charge in [-0.2, -0.15) is 5.26 Å². The van der Waals surface area contributed by atoms with E-state index in [1.807, 2.05) is 0 Å². The zero-order valence-electron chi connectivity index (χ0n) is 8.50. The lowest BCUT2D eigenvalue weighted by Gasteiger charge is -1.91. The van der Waals surface area contributed by atoms with Crippen LogP contribution in [0.3, 0.4) is 0 Å². The number of hydrogen-bond acceptors (Lipinski definition) is 2. The second-order valence-electron chi connectivity index (χ2n) is 2.56. The molecular formula is C10H17NO2. The fourth-order valence-corrected chi connectivity index (χ4v) is 0.610. The van der Waals surface area contributed by atoms with Crippen molar-refractivity contribution in [2.24, 2.45) is 0 Å². The van der Waals surface area contributed by atoms with E-state index in [2.05, 4.69) is 6.92 Å². The molecule has 1 N–H and O–H groups in total. The van der Waals surface area contributed by atoms with Gasteiger partial charge in [0.05, 0.1) is 6.07 Å². The van der Waals surface area contributed by atoms with Gasteiger partial charge in [0.1, 0.15) is 0 Å². The monoisotopic (exact) mass is 183 g/mol. The van der Waals surface area contributed by atoms with Crippen LogP contribution in [0.1, 0.15) is 40.0 Å². The molecule has 0 rings (SSSR count). The van der Waals surface area contributed by atoms with E-state index in [9.17, 15) is 4.79 Å². The van der Waals surface area contributed by atoms with Crippen LogP contribution in [0, 0.1) is 11.3 Å². The number of nitrogens with zero attached hydrogens (tertiary/aromatic N) is 1. The summed E-state index contributed by atoms with van der Waals surface area (Å²) in [4.78, 5) is 10.2. The number of aliphatic carboxylic acids is 1. The van der Waals surface area contributed by atoms with E-state index < -0.39 is 5.97 Å². The van der Waals surface area contributed by atoms with Gasteiger partial charge in [-0.25, -0.2) is 4.79 Å². The number of rotatable bonds is 4. The van der Waals surface area contributed by atoms with Crippen LogP contribution in [-0.2, 0) is 4.79 Å². The average Bonchev–Trinajstić information content (AvgIpc) is 2.06. The summed E-state index contributed by atoms with van der Waals surface area (Å²) in [6.45, 7) is 5.14. The van der Waals surface area contributed by atoms with Gasteiger partial charge >= 0.3 is 5.97 Å². The lowest BCUT2D eigenvalue weighted by atomic mass is 10.2. The molecule has 13 heavy (non-hydrogen) atoms. The van der Waals surface area contributed by atoms with E-state index in [4.69, 9.17) is 10.4 Å². The summed E-state index contributed by atoms with van der Waals surface area (Å²) < 4.78 is 0. The summed E-state index contributed by atoms with van der Waals surface area (Å²) in [5.74, 6) is -0.809. The fraction of sp³-hybridized carbons (Fsp3) is 0.600. The number of carboxylic acid groups (broad SMARTS) is 1. The van der Waals surface area contributed by atoms with Gasteiger partial charge in [0.15, 0.2) is 0 Å². The molecule has 0 atom stereocenters. The molecule has 0 amide bonds. The number of allylic oxidation sites excluding steroid dienone is 1. The van der Waals surface area contributed by atoms with Crippen LogP contribution in [-0.4, -0.2) is 11.1 Å². The van der Waals surface area contributed by atoms with Gasteiger partial charge in [-0.1, -0.05) is 25.8 Å². The molecule has 0 saturated heterocycles. The summed E-state index contributed by atoms with van der Waals surface area (Å²) in [7, 11) is 0. The minimum absolute atomic E-state index is 0.452. The molecule has 0 bridgehead atoms. The zero-order chi connectivity index (χ0) is 10.7. The Morgan fingerprint density at radius 1 is 1.62 bits per heavy atom. The van der Waals surface area contributed by atoms with Gasteiger partial charge in [-0.3, -0.25) is 0 Å². The summed E-state index contributed by atoms with van der Waals surface area (Å²) in [5, 5.41) is 15.7. The molecular weight excluding hydrogens is 166 g/mol. The SMILES string of the molecule is CC#N.CCCCC=C(C)C(=O)O. The highest BCUT2D eigenvalue weighted by Crippen LogP contribution is 2.00. The summed E-state index contributed by atoms with van der Waals surface area (Å²) >= 11 is 0. The maximum absolute atomic E-state index is 10.2. The predicted octanol–water partition coefficient (Wildman–Crippen LogP) is 2.74. The Morgan fingerprint density at radius 3 is 2.38 bits per heavy atom. The van der Waals surface area contributed by atoms with Crippen LogP contribution >= 0.6 is 0 Å². The van der Waals surface area contributed by atoms with Crippen LogP contribution in [0.25, 0.3) is 0 Å². The number of carbonyl (C=O) groups is 1. The van der Waals surface area contributed by atoms with Crippen LogP contribution in [0.4, 0.5) is 0 Å². The van der Waals surface area contributed by atoms with Crippen molar-refractivity contribution in [2.75, 3.05) is 0 Å². The van der Waals surface area contributed by atoms with Crippen molar-refractivity contribution in [2.45, 2.75) is 40.0 Å². The van der Waals surface area contributed by atoms with Crippen LogP contribution in [0.2, 0.25) is 0 Å². The van der Waals surface area contributed by atoms with Crippen molar-refractivity contribution in [1.82, 2.24) is 0 Å². The zero-order valence-corrected chi connectivity index (χ0v) is 8.50. The first-order valence-corrected chi connectivity index (χ1v) is 4.31. The van der Waals surface area contributed by atoms with Gasteiger partial charge in [0.25, 0.3) is 0 Å². The van der Waals surface area contributed by atoms with E-state index in [-0.39, 0.29) is 0 Å². The smallest absolute Gasteiger partial charge is 0.330 e. The number of nitriles is 1. The molecule has 0 heterocycles. The summed E-state index contributed by atoms with van der Waals surface area (Å²) in [6, 6.07) is 1.75. The molecule has 0 aliphatic carbocycles. The van der Waals surface area contributed by atoms with Crippen molar-refractivity contribution in [1.29, 1.82) is 5.26 Å². The van der Waals surface area contributed by atoms with Crippen molar-refractivity contribution in [3.05, 3.63) is 11.6 Å². The molecule has 0 aliphatic heterocycles. The Hall–Kier alpha value is -1.30. The lowest BCUT2D eigenvalue weighted by molar-refractivity contribution is -0.132. The van der Waals surface area contributed by atoms with Crippen LogP contribution in [0.15, 0.2) is 11.6 Å². The highest BCUT2D eigenvalue weighted by molar-refractivity contribution is 5.85. The Labute approximate surface area is 79.7 Å². The second-order valence-corrected chi connectivity index (χ2v) is 2.56. The first kappa shape index (κ1) is 14.2. The molecule has 0 spiro atoms. The highest BCUT2D eigenvalue weighted by Gasteiger charge is 1.96. The van der Waals surface area contributed by atoms with Crippen molar-refractivity contribution < 1.29 is 9.90 Å². The van der Waals surface area contributed by atoms with Crippen LogP contribution < -0.4 is 0 Å². The summed E-state index contributed by atoms with van der Waals surface area (Å²) in [6.07, 6.45) is 4.84. The van der Waals surface area contributed by atoms with Crippen LogP contribution in [0.5, 0.6) is 0 Å². The number of carboxylic acids is 1. The number of hydrogen-bond donors (Lipinski definition) is 1. The maximum atomic E-state index is 10.2. The van der Waals surface area contributed by atoms with E-state index in [1.165, 1.54) is 6.92 Å². The van der Waals surface area contributed by atoms with E-state index in [1.54, 1.807) is 19.1 Å². The number of unbranched alkanes of at least 4 members (excludes halogenated alkanes) is 2. The van der Waals surface area contributed by atoms with Gasteiger partial charge in [0.2, 0.25) is 0 Å². The highest BCUT2D eigenvalue weighted by atomic mass is 16.4. The van der Waals surface area contributed by atoms with Gasteiger partial charge < -0.3 is 5.11 Å². The second kappa shape index (κ2) is 10.7. The van der Waals surface area contributed by atoms with E-state index >= 15 is 0 Å². The molecule has 74 valence electrons. The minimum Gasteiger partial charge on any atom is -0.478 e. The molecule has 3 heteroatoms. The first-order chi connectivity index (χ1) is 6.09. The standard InChI is InChI=1S/C8H14O2.C2H3N/c1-3-4-5-6-7(2)8(9)10;1-2-3/h6H,3-5H2,1-2H3,(H,9,10);1H3. The van der Waals surface area contributed by atoms with E-state index in [0.29, 0.717) is 5.57 Å². The molecule has 0 fully saturated rings. The minimum atomic E-state index is -0.809. The quantitative estimate of drug-likeness (QED) is 0.538. The third-order valence-electron chi connectivity index (χ3n) is 1.35. The predicted molar refractivity (Wildman–Crippen MR) is 52.2 cm³/mol. The van der Waals surface area contributed by atoms with E-state index in [0.717, 1.165) is 19.3 Å². The maximum Gasteiger partial charge on any atom is 0.330 e. The van der Waals surface area contributed by atoms with Crippen molar-refractivity contribution in [3.63, 3.8) is 0 Å². The summed E-state index contributed by atoms with van der Waals surface area (Å²) in [5.41, 5.74) is 0.452. The van der Waals surface area contributed by atoms with Gasteiger partial charge in [0, 0.05) is 12.5 Å². The Morgan fingerprint density at radius 2 is 2.08 bits per heavy atom. The molecule has 0 aromatic carbocycles. The van der Waals surface area contributed by atoms with Crippen molar-refractivity contribution >= 4 is 5.97 Å². The average molecular weight is 183 g/mol. The van der Waals surface area contributed by atoms with Crippen molar-refractivity contribution in [3.8, 4) is 6.07 Å². The Balaban J connectivity index is 0. The normalized spacial score (nSPS) is 9.54. The topological polar surface area (TPSA) is 61.1 Å². The first-order valence-electron chi connectivity index (χ1n) is 4.31. The Bertz CT molecular complexity index is 201. The molecule has 3 nitrogen and oxygen atoms in total. The lowest BCUT2D eigenvalue weighted by Crippen LogP contribution is -1.95. The fourth-order valence-electron chi connectivity index (χ4n) is 0.610. The van der Waals surface area contributed by atoms with Gasteiger partial charge in [-0.05, 0) is 13.3 Å². The third-order valence-corrected chi connectivity index (χ3v) is 1.35. The third kappa shape index (κ3) is 13.7. The largest absolute Gasteiger partial charge is 0.478 e. The molecule has 0 radical (unpaired) electrons. The molecule has 0 aromatic rings. The molecule has 0 aromatic heterocycles.